The molecular weight excluding hydrogens is 168 g/mol. The molecule has 0 bridgehead atoms. The third kappa shape index (κ3) is 2.35. The van der Waals surface area contributed by atoms with Gasteiger partial charge in [0.15, 0.2) is 0 Å². The fourth-order valence-electron chi connectivity index (χ4n) is 1.84. The Kier molecular flexibility index (Phi) is 3.18. The van der Waals surface area contributed by atoms with Crippen molar-refractivity contribution in [2.24, 2.45) is 0 Å². The molecule has 1 aromatic rings. The standard InChI is InChI=1S/C14H16/c1-2-5-9-13(10-6-3-1)14-11-7-4-8-12-14/h2,4-8,10-13H,1,3,9H2/b5-2?,10-6-. The predicted molar refractivity (Wildman–Crippen MR) is 61.3 cm³/mol. The molecule has 1 aliphatic rings. The van der Waals surface area contributed by atoms with Gasteiger partial charge in [0.2, 0.25) is 0 Å². The minimum atomic E-state index is 0.577. The molecule has 0 saturated heterocycles. The van der Waals surface area contributed by atoms with Crippen molar-refractivity contribution in [3.63, 3.8) is 0 Å². The highest BCUT2D eigenvalue weighted by atomic mass is 14.1. The van der Waals surface area contributed by atoms with Gasteiger partial charge < -0.3 is 0 Å². The molecule has 1 aromatic carbocycles. The lowest BCUT2D eigenvalue weighted by Crippen LogP contribution is -1.94. The molecule has 0 amide bonds. The lowest BCUT2D eigenvalue weighted by Gasteiger charge is -2.12. The van der Waals surface area contributed by atoms with Gasteiger partial charge in [0, 0.05) is 5.92 Å². The first-order chi connectivity index (χ1) is 6.97. The maximum Gasteiger partial charge on any atom is 0.00524 e. The SMILES string of the molecule is C1=CCC(c2ccccc2)/C=C\CC1. The van der Waals surface area contributed by atoms with Crippen LogP contribution in [-0.4, -0.2) is 0 Å². The monoisotopic (exact) mass is 184 g/mol. The van der Waals surface area contributed by atoms with Crippen LogP contribution >= 0.6 is 0 Å². The van der Waals surface area contributed by atoms with Gasteiger partial charge in [0.05, 0.1) is 0 Å². The lowest BCUT2D eigenvalue weighted by atomic mass is 9.93. The van der Waals surface area contributed by atoms with Crippen molar-refractivity contribution in [1.82, 2.24) is 0 Å². The topological polar surface area (TPSA) is 0 Å². The summed E-state index contributed by atoms with van der Waals surface area (Å²) < 4.78 is 0. The Morgan fingerprint density at radius 1 is 0.857 bits per heavy atom. The Balaban J connectivity index is 2.16. The molecule has 0 aromatic heterocycles. The summed E-state index contributed by atoms with van der Waals surface area (Å²) in [7, 11) is 0. The van der Waals surface area contributed by atoms with Crippen molar-refractivity contribution in [2.75, 3.05) is 0 Å². The molecule has 0 fully saturated rings. The predicted octanol–water partition coefficient (Wildman–Crippen LogP) is 4.07. The van der Waals surface area contributed by atoms with E-state index in [4.69, 9.17) is 0 Å². The van der Waals surface area contributed by atoms with Crippen molar-refractivity contribution >= 4 is 0 Å². The molecule has 1 atom stereocenters. The first-order valence-corrected chi connectivity index (χ1v) is 5.33. The van der Waals surface area contributed by atoms with Crippen LogP contribution in [0, 0.1) is 0 Å². The van der Waals surface area contributed by atoms with Crippen LogP contribution in [0.2, 0.25) is 0 Å². The quantitative estimate of drug-likeness (QED) is 0.577. The van der Waals surface area contributed by atoms with Crippen molar-refractivity contribution in [2.45, 2.75) is 25.2 Å². The molecule has 0 spiro atoms. The van der Waals surface area contributed by atoms with E-state index >= 15 is 0 Å². The van der Waals surface area contributed by atoms with Crippen molar-refractivity contribution in [3.05, 3.63) is 60.2 Å². The van der Waals surface area contributed by atoms with Gasteiger partial charge in [0.25, 0.3) is 0 Å². The van der Waals surface area contributed by atoms with Crippen LogP contribution in [0.1, 0.15) is 30.7 Å². The van der Waals surface area contributed by atoms with Crippen LogP contribution in [0.15, 0.2) is 54.6 Å². The van der Waals surface area contributed by atoms with Gasteiger partial charge >= 0.3 is 0 Å². The normalized spacial score (nSPS) is 23.9. The minimum Gasteiger partial charge on any atom is -0.0882 e. The summed E-state index contributed by atoms with van der Waals surface area (Å²) in [5.74, 6) is 0.577. The Morgan fingerprint density at radius 2 is 1.64 bits per heavy atom. The summed E-state index contributed by atoms with van der Waals surface area (Å²) in [6.45, 7) is 0. The average Bonchev–Trinajstić information content (AvgIpc) is 2.18. The van der Waals surface area contributed by atoms with Gasteiger partial charge in [-0.1, -0.05) is 54.6 Å². The van der Waals surface area contributed by atoms with Crippen LogP contribution in [0.4, 0.5) is 0 Å². The van der Waals surface area contributed by atoms with E-state index in [1.54, 1.807) is 0 Å². The maximum absolute atomic E-state index is 2.35. The molecule has 14 heavy (non-hydrogen) atoms. The van der Waals surface area contributed by atoms with Crippen LogP contribution in [0.25, 0.3) is 0 Å². The van der Waals surface area contributed by atoms with E-state index in [1.807, 2.05) is 0 Å². The highest BCUT2D eigenvalue weighted by molar-refractivity contribution is 5.25. The van der Waals surface area contributed by atoms with Crippen LogP contribution < -0.4 is 0 Å². The van der Waals surface area contributed by atoms with Gasteiger partial charge in [-0.25, -0.2) is 0 Å². The largest absolute Gasteiger partial charge is 0.0882 e. The van der Waals surface area contributed by atoms with E-state index in [0.29, 0.717) is 5.92 Å². The van der Waals surface area contributed by atoms with Gasteiger partial charge in [-0.2, -0.15) is 0 Å². The molecule has 72 valence electrons. The van der Waals surface area contributed by atoms with E-state index < -0.39 is 0 Å². The van der Waals surface area contributed by atoms with E-state index in [0.717, 1.165) is 6.42 Å². The second-order valence-electron chi connectivity index (χ2n) is 3.73. The Labute approximate surface area is 86.0 Å². The molecule has 0 heteroatoms. The molecule has 0 saturated carbocycles. The Bertz CT molecular complexity index is 319. The molecule has 1 aliphatic carbocycles. The number of rotatable bonds is 1. The Hall–Kier alpha value is -1.30. The summed E-state index contributed by atoms with van der Waals surface area (Å²) in [6, 6.07) is 10.7. The number of allylic oxidation sites excluding steroid dienone is 4. The fourth-order valence-corrected chi connectivity index (χ4v) is 1.84. The maximum atomic E-state index is 2.35. The van der Waals surface area contributed by atoms with Gasteiger partial charge in [0.1, 0.15) is 0 Å². The second kappa shape index (κ2) is 4.80. The third-order valence-corrected chi connectivity index (χ3v) is 2.65. The number of hydrogen-bond acceptors (Lipinski definition) is 0. The van der Waals surface area contributed by atoms with Gasteiger partial charge in [-0.05, 0) is 24.8 Å². The van der Waals surface area contributed by atoms with Crippen molar-refractivity contribution in [1.29, 1.82) is 0 Å². The van der Waals surface area contributed by atoms with Gasteiger partial charge in [-0.3, -0.25) is 0 Å². The van der Waals surface area contributed by atoms with Gasteiger partial charge in [-0.15, -0.1) is 0 Å². The van der Waals surface area contributed by atoms with Crippen molar-refractivity contribution in [3.8, 4) is 0 Å². The molecule has 0 radical (unpaired) electrons. The molecule has 0 nitrogen and oxygen atoms in total. The highest BCUT2D eigenvalue weighted by Gasteiger charge is 2.05. The lowest BCUT2D eigenvalue weighted by molar-refractivity contribution is 0.837. The Morgan fingerprint density at radius 3 is 2.50 bits per heavy atom. The summed E-state index contributed by atoms with van der Waals surface area (Å²) in [4.78, 5) is 0. The van der Waals surface area contributed by atoms with E-state index in [1.165, 1.54) is 18.4 Å². The molecular formula is C14H16. The summed E-state index contributed by atoms with van der Waals surface area (Å²) in [5, 5.41) is 0. The highest BCUT2D eigenvalue weighted by Crippen LogP contribution is 2.23. The fraction of sp³-hybridized carbons (Fsp3) is 0.286. The number of hydrogen-bond donors (Lipinski definition) is 0. The van der Waals surface area contributed by atoms with E-state index in [-0.39, 0.29) is 0 Å². The van der Waals surface area contributed by atoms with Crippen molar-refractivity contribution < 1.29 is 0 Å². The first kappa shape index (κ1) is 9.26. The first-order valence-electron chi connectivity index (χ1n) is 5.33. The summed E-state index contributed by atoms with van der Waals surface area (Å²) in [6.07, 6.45) is 12.8. The van der Waals surface area contributed by atoms with Crippen LogP contribution in [-0.2, 0) is 0 Å². The average molecular weight is 184 g/mol. The minimum absolute atomic E-state index is 0.577. The number of benzene rings is 1. The second-order valence-corrected chi connectivity index (χ2v) is 3.73. The van der Waals surface area contributed by atoms with Crippen LogP contribution in [0.3, 0.4) is 0 Å². The van der Waals surface area contributed by atoms with E-state index in [9.17, 15) is 0 Å². The smallest absolute Gasteiger partial charge is 0.00524 e. The zero-order valence-electron chi connectivity index (χ0n) is 8.39. The molecule has 0 N–H and O–H groups in total. The zero-order chi connectivity index (χ0) is 9.64. The summed E-state index contributed by atoms with van der Waals surface area (Å²) >= 11 is 0. The molecule has 0 aliphatic heterocycles. The zero-order valence-corrected chi connectivity index (χ0v) is 8.39. The molecule has 1 unspecified atom stereocenters. The van der Waals surface area contributed by atoms with E-state index in [2.05, 4.69) is 54.6 Å². The molecule has 0 heterocycles. The third-order valence-electron chi connectivity index (χ3n) is 2.65. The molecule has 2 rings (SSSR count). The van der Waals surface area contributed by atoms with Crippen LogP contribution in [0.5, 0.6) is 0 Å². The summed E-state index contributed by atoms with van der Waals surface area (Å²) in [5.41, 5.74) is 1.43.